The Bertz CT molecular complexity index is 646. The van der Waals surface area contributed by atoms with Crippen molar-refractivity contribution in [3.05, 3.63) is 34.6 Å². The van der Waals surface area contributed by atoms with Crippen molar-refractivity contribution in [1.82, 2.24) is 15.1 Å². The highest BCUT2D eigenvalue weighted by atomic mass is 35.5. The van der Waals surface area contributed by atoms with Crippen LogP contribution in [0.1, 0.15) is 37.6 Å². The van der Waals surface area contributed by atoms with Crippen molar-refractivity contribution in [2.75, 3.05) is 32.7 Å². The molecule has 0 atom stereocenters. The third-order valence-corrected chi connectivity index (χ3v) is 4.15. The Morgan fingerprint density at radius 3 is 2.60 bits per heavy atom. The van der Waals surface area contributed by atoms with Crippen LogP contribution in [0.4, 0.5) is 4.39 Å². The maximum atomic E-state index is 13.9. The zero-order chi connectivity index (χ0) is 18.6. The molecular formula is C18H25ClFN3O2. The first-order chi connectivity index (χ1) is 11.7. The van der Waals surface area contributed by atoms with Gasteiger partial charge in [-0.05, 0) is 45.4 Å². The molecule has 0 radical (unpaired) electrons. The number of amides is 2. The number of carbonyl (C=O) groups excluding carboxylic acids is 2. The summed E-state index contributed by atoms with van der Waals surface area (Å²) in [5, 5.41) is 3.27. The van der Waals surface area contributed by atoms with E-state index in [0.29, 0.717) is 31.2 Å². The predicted octanol–water partition coefficient (Wildman–Crippen LogP) is 2.54. The quantitative estimate of drug-likeness (QED) is 0.890. The van der Waals surface area contributed by atoms with Gasteiger partial charge in [-0.3, -0.25) is 14.5 Å². The second kappa shape index (κ2) is 8.15. The molecule has 0 saturated carbocycles. The molecule has 1 aromatic carbocycles. The summed E-state index contributed by atoms with van der Waals surface area (Å²) in [5.41, 5.74) is -0.277. The minimum absolute atomic E-state index is 0.00794. The SMILES string of the molecule is CC(C)(C)NC(=O)CN1CCCN(C(=O)c2cc(Cl)ccc2F)CC1. The van der Waals surface area contributed by atoms with Gasteiger partial charge in [-0.2, -0.15) is 0 Å². The van der Waals surface area contributed by atoms with Gasteiger partial charge in [0.25, 0.3) is 5.91 Å². The van der Waals surface area contributed by atoms with Gasteiger partial charge in [0.15, 0.2) is 0 Å². The van der Waals surface area contributed by atoms with E-state index in [-0.39, 0.29) is 22.9 Å². The summed E-state index contributed by atoms with van der Waals surface area (Å²) in [6, 6.07) is 3.99. The van der Waals surface area contributed by atoms with E-state index >= 15 is 0 Å². The van der Waals surface area contributed by atoms with Crippen LogP contribution in [0, 0.1) is 5.82 Å². The van der Waals surface area contributed by atoms with Gasteiger partial charge in [0, 0.05) is 36.7 Å². The molecule has 138 valence electrons. The Morgan fingerprint density at radius 2 is 1.92 bits per heavy atom. The van der Waals surface area contributed by atoms with Crippen LogP contribution in [0.3, 0.4) is 0 Å². The molecule has 2 rings (SSSR count). The molecule has 25 heavy (non-hydrogen) atoms. The molecule has 1 aromatic rings. The Balaban J connectivity index is 1.96. The molecule has 0 bridgehead atoms. The zero-order valence-electron chi connectivity index (χ0n) is 14.9. The maximum Gasteiger partial charge on any atom is 0.256 e. The molecule has 1 fully saturated rings. The molecular weight excluding hydrogens is 345 g/mol. The molecule has 1 aliphatic heterocycles. The lowest BCUT2D eigenvalue weighted by molar-refractivity contribution is -0.123. The van der Waals surface area contributed by atoms with Crippen LogP contribution in [0.15, 0.2) is 18.2 Å². The lowest BCUT2D eigenvalue weighted by Gasteiger charge is -2.25. The fourth-order valence-electron chi connectivity index (χ4n) is 2.82. The number of hydrogen-bond donors (Lipinski definition) is 1. The third kappa shape index (κ3) is 5.97. The molecule has 5 nitrogen and oxygen atoms in total. The fraction of sp³-hybridized carbons (Fsp3) is 0.556. The van der Waals surface area contributed by atoms with Crippen LogP contribution in [-0.2, 0) is 4.79 Å². The molecule has 2 amide bonds. The van der Waals surface area contributed by atoms with Crippen LogP contribution in [0.2, 0.25) is 5.02 Å². The third-order valence-electron chi connectivity index (χ3n) is 3.92. The van der Waals surface area contributed by atoms with Crippen LogP contribution in [0.5, 0.6) is 0 Å². The van der Waals surface area contributed by atoms with Gasteiger partial charge in [-0.1, -0.05) is 11.6 Å². The number of carbonyl (C=O) groups is 2. The lowest BCUT2D eigenvalue weighted by Crippen LogP contribution is -2.46. The minimum Gasteiger partial charge on any atom is -0.350 e. The molecule has 0 aromatic heterocycles. The Morgan fingerprint density at radius 1 is 1.20 bits per heavy atom. The summed E-state index contributed by atoms with van der Waals surface area (Å²) < 4.78 is 13.9. The van der Waals surface area contributed by atoms with E-state index in [1.807, 2.05) is 25.7 Å². The van der Waals surface area contributed by atoms with Gasteiger partial charge in [-0.15, -0.1) is 0 Å². The molecule has 0 unspecified atom stereocenters. The molecule has 0 aliphatic carbocycles. The van der Waals surface area contributed by atoms with E-state index in [2.05, 4.69) is 5.32 Å². The van der Waals surface area contributed by atoms with Gasteiger partial charge < -0.3 is 10.2 Å². The molecule has 1 aliphatic rings. The largest absolute Gasteiger partial charge is 0.350 e. The number of nitrogens with one attached hydrogen (secondary N) is 1. The van der Waals surface area contributed by atoms with E-state index in [1.165, 1.54) is 18.2 Å². The standard InChI is InChI=1S/C18H25ClFN3O2/c1-18(2,3)21-16(24)12-22-7-4-8-23(10-9-22)17(25)14-11-13(19)5-6-15(14)20/h5-6,11H,4,7-10,12H2,1-3H3,(H,21,24). The summed E-state index contributed by atoms with van der Waals surface area (Å²) in [6.07, 6.45) is 0.733. The van der Waals surface area contributed by atoms with E-state index in [1.54, 1.807) is 4.90 Å². The number of halogens is 2. The van der Waals surface area contributed by atoms with E-state index < -0.39 is 5.82 Å². The first kappa shape index (κ1) is 19.7. The topological polar surface area (TPSA) is 52.7 Å². The average molecular weight is 370 g/mol. The highest BCUT2D eigenvalue weighted by Crippen LogP contribution is 2.17. The number of nitrogens with zero attached hydrogens (tertiary/aromatic N) is 2. The fourth-order valence-corrected chi connectivity index (χ4v) is 3.00. The second-order valence-electron chi connectivity index (χ2n) is 7.34. The second-order valence-corrected chi connectivity index (χ2v) is 7.78. The molecule has 1 heterocycles. The van der Waals surface area contributed by atoms with Crippen molar-refractivity contribution in [1.29, 1.82) is 0 Å². The van der Waals surface area contributed by atoms with Crippen molar-refractivity contribution < 1.29 is 14.0 Å². The Kier molecular flexibility index (Phi) is 6.41. The molecule has 1 saturated heterocycles. The van der Waals surface area contributed by atoms with Crippen LogP contribution >= 0.6 is 11.6 Å². The van der Waals surface area contributed by atoms with Crippen molar-refractivity contribution in [2.24, 2.45) is 0 Å². The first-order valence-electron chi connectivity index (χ1n) is 8.43. The minimum atomic E-state index is -0.569. The highest BCUT2D eigenvalue weighted by Gasteiger charge is 2.24. The summed E-state index contributed by atoms with van der Waals surface area (Å²) >= 11 is 5.88. The lowest BCUT2D eigenvalue weighted by atomic mass is 10.1. The van der Waals surface area contributed by atoms with Gasteiger partial charge >= 0.3 is 0 Å². The van der Waals surface area contributed by atoms with Gasteiger partial charge in [0.2, 0.25) is 5.91 Å². The summed E-state index contributed by atoms with van der Waals surface area (Å²) in [7, 11) is 0. The number of rotatable bonds is 3. The number of hydrogen-bond acceptors (Lipinski definition) is 3. The van der Waals surface area contributed by atoms with E-state index in [0.717, 1.165) is 13.0 Å². The van der Waals surface area contributed by atoms with E-state index in [9.17, 15) is 14.0 Å². The average Bonchev–Trinajstić information content (AvgIpc) is 2.72. The monoisotopic (exact) mass is 369 g/mol. The highest BCUT2D eigenvalue weighted by molar-refractivity contribution is 6.31. The van der Waals surface area contributed by atoms with Crippen LogP contribution < -0.4 is 5.32 Å². The van der Waals surface area contributed by atoms with Gasteiger partial charge in [-0.25, -0.2) is 4.39 Å². The molecule has 1 N–H and O–H groups in total. The zero-order valence-corrected chi connectivity index (χ0v) is 15.7. The van der Waals surface area contributed by atoms with Crippen molar-refractivity contribution in [2.45, 2.75) is 32.7 Å². The molecule has 0 spiro atoms. The van der Waals surface area contributed by atoms with Crippen molar-refractivity contribution in [3.8, 4) is 0 Å². The van der Waals surface area contributed by atoms with E-state index in [4.69, 9.17) is 11.6 Å². The predicted molar refractivity (Wildman–Crippen MR) is 96.3 cm³/mol. The van der Waals surface area contributed by atoms with Crippen LogP contribution in [-0.4, -0.2) is 59.9 Å². The Hall–Kier alpha value is -1.66. The first-order valence-corrected chi connectivity index (χ1v) is 8.81. The summed E-state index contributed by atoms with van der Waals surface area (Å²) in [4.78, 5) is 28.3. The van der Waals surface area contributed by atoms with Crippen LogP contribution in [0.25, 0.3) is 0 Å². The summed E-state index contributed by atoms with van der Waals surface area (Å²) in [6.45, 7) is 8.39. The maximum absolute atomic E-state index is 13.9. The normalized spacial score (nSPS) is 16.4. The smallest absolute Gasteiger partial charge is 0.256 e. The Labute approximate surface area is 153 Å². The van der Waals surface area contributed by atoms with Gasteiger partial charge in [0.05, 0.1) is 12.1 Å². The van der Waals surface area contributed by atoms with Crippen molar-refractivity contribution >= 4 is 23.4 Å². The number of benzene rings is 1. The summed E-state index contributed by atoms with van der Waals surface area (Å²) in [5.74, 6) is -0.964. The molecule has 7 heteroatoms. The van der Waals surface area contributed by atoms with Gasteiger partial charge in [0.1, 0.15) is 5.82 Å². The van der Waals surface area contributed by atoms with Crippen molar-refractivity contribution in [3.63, 3.8) is 0 Å².